The van der Waals surface area contributed by atoms with Gasteiger partial charge < -0.3 is 0 Å². The summed E-state index contributed by atoms with van der Waals surface area (Å²) in [6, 6.07) is 26.9. The monoisotopic (exact) mass is 415 g/mol. The highest BCUT2D eigenvalue weighted by Crippen LogP contribution is 2.29. The zero-order chi connectivity index (χ0) is 20.2. The molecule has 0 aliphatic rings. The van der Waals surface area contributed by atoms with Gasteiger partial charge in [-0.25, -0.2) is 4.68 Å². The number of benzene rings is 3. The van der Waals surface area contributed by atoms with Crippen molar-refractivity contribution in [2.45, 2.75) is 0 Å². The number of hydrogen-bond acceptors (Lipinski definition) is 2. The molecule has 0 aliphatic carbocycles. The molecule has 0 bridgehead atoms. The van der Waals surface area contributed by atoms with Gasteiger partial charge in [-0.1, -0.05) is 65.7 Å². The highest BCUT2D eigenvalue weighted by molar-refractivity contribution is 6.30. The van der Waals surface area contributed by atoms with Crippen molar-refractivity contribution in [2.24, 2.45) is 0 Å². The van der Waals surface area contributed by atoms with Gasteiger partial charge in [0.2, 0.25) is 0 Å². The highest BCUT2D eigenvalue weighted by atomic mass is 35.5. The zero-order valence-electron chi connectivity index (χ0n) is 15.3. The molecule has 4 aromatic rings. The highest BCUT2D eigenvalue weighted by Gasteiger charge is 2.13. The van der Waals surface area contributed by atoms with Crippen molar-refractivity contribution in [1.82, 2.24) is 9.78 Å². The van der Waals surface area contributed by atoms with E-state index in [0.29, 0.717) is 15.6 Å². The minimum atomic E-state index is 0.532. The van der Waals surface area contributed by atoms with E-state index in [2.05, 4.69) is 6.07 Å². The average Bonchev–Trinajstić information content (AvgIpc) is 3.18. The molecule has 0 unspecified atom stereocenters. The number of nitrogens with zero attached hydrogens (tertiary/aromatic N) is 3. The van der Waals surface area contributed by atoms with Crippen molar-refractivity contribution in [1.29, 1.82) is 5.26 Å². The van der Waals surface area contributed by atoms with E-state index in [1.807, 2.05) is 83.7 Å². The summed E-state index contributed by atoms with van der Waals surface area (Å²) in [6.07, 6.45) is 3.77. The van der Waals surface area contributed by atoms with Crippen molar-refractivity contribution in [3.8, 4) is 23.0 Å². The smallest absolute Gasteiger partial charge is 0.1000 e. The van der Waals surface area contributed by atoms with Crippen LogP contribution in [0, 0.1) is 11.3 Å². The Morgan fingerprint density at radius 1 is 0.862 bits per heavy atom. The maximum atomic E-state index is 9.74. The first kappa shape index (κ1) is 19.0. The molecule has 140 valence electrons. The standard InChI is InChI=1S/C24H15Cl2N3/c25-21-10-6-17(7-11-21)19(15-27)14-20-16-29(23-4-2-1-3-5-23)28-24(20)18-8-12-22(26)13-9-18/h1-14,16H/b19-14-. The van der Waals surface area contributed by atoms with Gasteiger partial charge in [0.05, 0.1) is 23.0 Å². The summed E-state index contributed by atoms with van der Waals surface area (Å²) < 4.78 is 1.81. The number of allylic oxidation sites excluding steroid dienone is 1. The number of halogens is 2. The maximum Gasteiger partial charge on any atom is 0.1000 e. The van der Waals surface area contributed by atoms with E-state index in [1.165, 1.54) is 0 Å². The summed E-state index contributed by atoms with van der Waals surface area (Å²) in [5, 5.41) is 15.8. The summed E-state index contributed by atoms with van der Waals surface area (Å²) in [7, 11) is 0. The molecule has 29 heavy (non-hydrogen) atoms. The van der Waals surface area contributed by atoms with Crippen molar-refractivity contribution in [2.75, 3.05) is 0 Å². The summed E-state index contributed by atoms with van der Waals surface area (Å²) in [5.74, 6) is 0. The normalized spacial score (nSPS) is 11.3. The van der Waals surface area contributed by atoms with E-state index in [1.54, 1.807) is 12.1 Å². The molecule has 0 fully saturated rings. The third kappa shape index (κ3) is 4.25. The van der Waals surface area contributed by atoms with E-state index in [-0.39, 0.29) is 0 Å². The maximum absolute atomic E-state index is 9.74. The molecule has 5 heteroatoms. The lowest BCUT2D eigenvalue weighted by Gasteiger charge is -2.02. The summed E-state index contributed by atoms with van der Waals surface area (Å²) in [4.78, 5) is 0. The van der Waals surface area contributed by atoms with Crippen LogP contribution in [0.4, 0.5) is 0 Å². The van der Waals surface area contributed by atoms with Crippen LogP contribution in [0.2, 0.25) is 10.0 Å². The molecular formula is C24H15Cl2N3. The first-order chi connectivity index (χ1) is 14.1. The van der Waals surface area contributed by atoms with Crippen LogP contribution in [0.15, 0.2) is 85.1 Å². The number of hydrogen-bond donors (Lipinski definition) is 0. The van der Waals surface area contributed by atoms with Crippen LogP contribution >= 0.6 is 23.2 Å². The number of nitriles is 1. The molecule has 1 heterocycles. The lowest BCUT2D eigenvalue weighted by atomic mass is 10.0. The van der Waals surface area contributed by atoms with Crippen LogP contribution < -0.4 is 0 Å². The van der Waals surface area contributed by atoms with E-state index < -0.39 is 0 Å². The second-order valence-electron chi connectivity index (χ2n) is 6.40. The summed E-state index contributed by atoms with van der Waals surface area (Å²) >= 11 is 12.0. The first-order valence-corrected chi connectivity index (χ1v) is 9.68. The topological polar surface area (TPSA) is 41.6 Å². The third-order valence-electron chi connectivity index (χ3n) is 4.46. The molecule has 0 saturated carbocycles. The van der Waals surface area contributed by atoms with E-state index >= 15 is 0 Å². The molecule has 4 rings (SSSR count). The number of para-hydroxylation sites is 1. The lowest BCUT2D eigenvalue weighted by molar-refractivity contribution is 0.884. The van der Waals surface area contributed by atoms with Gasteiger partial charge in [0, 0.05) is 27.4 Å². The van der Waals surface area contributed by atoms with Crippen molar-refractivity contribution < 1.29 is 0 Å². The fourth-order valence-corrected chi connectivity index (χ4v) is 3.26. The minimum Gasteiger partial charge on any atom is -0.240 e. The van der Waals surface area contributed by atoms with Gasteiger partial charge in [0.1, 0.15) is 0 Å². The molecule has 0 spiro atoms. The fourth-order valence-electron chi connectivity index (χ4n) is 3.00. The molecule has 0 saturated heterocycles. The minimum absolute atomic E-state index is 0.532. The molecule has 0 radical (unpaired) electrons. The molecule has 0 amide bonds. The van der Waals surface area contributed by atoms with Gasteiger partial charge in [0.15, 0.2) is 0 Å². The van der Waals surface area contributed by atoms with E-state index in [0.717, 1.165) is 28.1 Å². The molecule has 0 N–H and O–H groups in total. The van der Waals surface area contributed by atoms with Crippen molar-refractivity contribution >= 4 is 34.9 Å². The first-order valence-electron chi connectivity index (χ1n) is 8.93. The Hall–Kier alpha value is -3.32. The lowest BCUT2D eigenvalue weighted by Crippen LogP contribution is -1.93. The van der Waals surface area contributed by atoms with Gasteiger partial charge in [-0.2, -0.15) is 10.4 Å². The van der Waals surface area contributed by atoms with Crippen molar-refractivity contribution in [3.63, 3.8) is 0 Å². The molecule has 1 aromatic heterocycles. The predicted molar refractivity (Wildman–Crippen MR) is 119 cm³/mol. The molecule has 0 aliphatic heterocycles. The van der Waals surface area contributed by atoms with Gasteiger partial charge in [-0.05, 0) is 48.0 Å². The average molecular weight is 416 g/mol. The van der Waals surface area contributed by atoms with Gasteiger partial charge in [-0.3, -0.25) is 0 Å². The van der Waals surface area contributed by atoms with Crippen LogP contribution in [0.3, 0.4) is 0 Å². The largest absolute Gasteiger partial charge is 0.240 e. The molecule has 3 nitrogen and oxygen atoms in total. The van der Waals surface area contributed by atoms with Gasteiger partial charge in [-0.15, -0.1) is 0 Å². The van der Waals surface area contributed by atoms with Crippen LogP contribution in [0.25, 0.3) is 28.6 Å². The predicted octanol–water partition coefficient (Wildman–Crippen LogP) is 6.91. The Balaban J connectivity index is 1.86. The Morgan fingerprint density at radius 2 is 1.48 bits per heavy atom. The second-order valence-corrected chi connectivity index (χ2v) is 7.27. The molecule has 3 aromatic carbocycles. The second kappa shape index (κ2) is 8.36. The van der Waals surface area contributed by atoms with Crippen molar-refractivity contribution in [3.05, 3.63) is 106 Å². The number of aromatic nitrogens is 2. The Kier molecular flexibility index (Phi) is 5.48. The van der Waals surface area contributed by atoms with Crippen LogP contribution in [0.5, 0.6) is 0 Å². The fraction of sp³-hybridized carbons (Fsp3) is 0. The van der Waals surface area contributed by atoms with Crippen LogP contribution in [0.1, 0.15) is 11.1 Å². The Labute approximate surface area is 179 Å². The Bertz CT molecular complexity index is 1200. The number of rotatable bonds is 4. The summed E-state index contributed by atoms with van der Waals surface area (Å²) in [5.41, 5.74) is 4.79. The van der Waals surface area contributed by atoms with E-state index in [9.17, 15) is 5.26 Å². The van der Waals surface area contributed by atoms with Gasteiger partial charge in [0.25, 0.3) is 0 Å². The van der Waals surface area contributed by atoms with Crippen LogP contribution in [-0.4, -0.2) is 9.78 Å². The quantitative estimate of drug-likeness (QED) is 0.339. The third-order valence-corrected chi connectivity index (χ3v) is 4.96. The zero-order valence-corrected chi connectivity index (χ0v) is 16.8. The van der Waals surface area contributed by atoms with E-state index in [4.69, 9.17) is 28.3 Å². The molecular weight excluding hydrogens is 401 g/mol. The Morgan fingerprint density at radius 3 is 2.10 bits per heavy atom. The molecule has 0 atom stereocenters. The van der Waals surface area contributed by atoms with Gasteiger partial charge >= 0.3 is 0 Å². The SMILES string of the molecule is N#C/C(=C/c1cn(-c2ccccc2)nc1-c1ccc(Cl)cc1)c1ccc(Cl)cc1. The summed E-state index contributed by atoms with van der Waals surface area (Å²) in [6.45, 7) is 0. The van der Waals surface area contributed by atoms with Crippen LogP contribution in [-0.2, 0) is 0 Å².